The maximum absolute atomic E-state index is 12.1. The van der Waals surface area contributed by atoms with Crippen LogP contribution in [0.25, 0.3) is 6.08 Å². The van der Waals surface area contributed by atoms with Crippen LogP contribution in [0.15, 0.2) is 36.7 Å². The molecule has 0 unspecified atom stereocenters. The molecule has 0 radical (unpaired) electrons. The molecule has 5 nitrogen and oxygen atoms in total. The van der Waals surface area contributed by atoms with Crippen LogP contribution in [0.3, 0.4) is 0 Å². The molecular formula is C16H17N3O2. The lowest BCUT2D eigenvalue weighted by Crippen LogP contribution is -2.23. The number of aromatic amines is 1. The van der Waals surface area contributed by atoms with Gasteiger partial charge in [-0.25, -0.2) is 0 Å². The number of ether oxygens (including phenoxy) is 1. The highest BCUT2D eigenvalue weighted by Gasteiger charge is 2.11. The summed E-state index contributed by atoms with van der Waals surface area (Å²) in [6, 6.07) is 5.99. The van der Waals surface area contributed by atoms with E-state index in [2.05, 4.69) is 16.3 Å². The maximum Gasteiger partial charge on any atom is 0.246 e. The Morgan fingerprint density at radius 2 is 2.43 bits per heavy atom. The minimum atomic E-state index is -0.0343. The van der Waals surface area contributed by atoms with E-state index in [1.165, 1.54) is 5.56 Å². The average molecular weight is 283 g/mol. The summed E-state index contributed by atoms with van der Waals surface area (Å²) in [6.45, 7) is 1.28. The van der Waals surface area contributed by atoms with Crippen molar-refractivity contribution in [3.05, 3.63) is 53.4 Å². The number of aromatic nitrogens is 2. The van der Waals surface area contributed by atoms with Crippen molar-refractivity contribution in [1.82, 2.24) is 15.1 Å². The number of likely N-dealkylation sites (N-methyl/N-ethyl adjacent to an activating group) is 1. The maximum atomic E-state index is 12.1. The van der Waals surface area contributed by atoms with Crippen LogP contribution in [0.5, 0.6) is 5.75 Å². The fourth-order valence-corrected chi connectivity index (χ4v) is 2.32. The second kappa shape index (κ2) is 5.83. The molecule has 1 aliphatic heterocycles. The standard InChI is InChI=1S/C16H17N3O2/c1-19(11-13-9-17-18-10-13)16(20)5-3-12-2-4-15-14(8-12)6-7-21-15/h2-5,8-10H,6-7,11H2,1H3,(H,17,18). The zero-order valence-corrected chi connectivity index (χ0v) is 11.9. The lowest BCUT2D eigenvalue weighted by Gasteiger charge is -2.13. The van der Waals surface area contributed by atoms with Gasteiger partial charge in [-0.05, 0) is 29.3 Å². The largest absolute Gasteiger partial charge is 0.493 e. The molecule has 0 saturated carbocycles. The molecule has 1 aliphatic rings. The summed E-state index contributed by atoms with van der Waals surface area (Å²) in [5, 5.41) is 6.61. The smallest absolute Gasteiger partial charge is 0.246 e. The highest BCUT2D eigenvalue weighted by molar-refractivity contribution is 5.91. The molecule has 1 amide bonds. The van der Waals surface area contributed by atoms with Crippen LogP contribution in [0.4, 0.5) is 0 Å². The van der Waals surface area contributed by atoms with Crippen molar-refractivity contribution in [2.75, 3.05) is 13.7 Å². The van der Waals surface area contributed by atoms with Gasteiger partial charge in [0.1, 0.15) is 5.75 Å². The highest BCUT2D eigenvalue weighted by Crippen LogP contribution is 2.26. The first-order valence-electron chi connectivity index (χ1n) is 6.89. The summed E-state index contributed by atoms with van der Waals surface area (Å²) >= 11 is 0. The van der Waals surface area contributed by atoms with Crippen LogP contribution in [-0.2, 0) is 17.8 Å². The number of fused-ring (bicyclic) bond motifs is 1. The third kappa shape index (κ3) is 3.13. The molecule has 0 fully saturated rings. The van der Waals surface area contributed by atoms with Crippen LogP contribution < -0.4 is 4.74 Å². The molecule has 1 aromatic heterocycles. The molecule has 2 aromatic rings. The normalized spacial score (nSPS) is 13.2. The van der Waals surface area contributed by atoms with Crippen molar-refractivity contribution in [3.8, 4) is 5.75 Å². The molecule has 1 aromatic carbocycles. The number of hydrogen-bond acceptors (Lipinski definition) is 3. The number of carbonyl (C=O) groups excluding carboxylic acids is 1. The van der Waals surface area contributed by atoms with E-state index in [0.29, 0.717) is 6.54 Å². The Balaban J connectivity index is 1.63. The average Bonchev–Trinajstić information content (AvgIpc) is 3.14. The van der Waals surface area contributed by atoms with Crippen molar-refractivity contribution >= 4 is 12.0 Å². The van der Waals surface area contributed by atoms with Crippen molar-refractivity contribution in [2.45, 2.75) is 13.0 Å². The van der Waals surface area contributed by atoms with Gasteiger partial charge in [0.05, 0.1) is 12.8 Å². The lowest BCUT2D eigenvalue weighted by atomic mass is 10.1. The molecular weight excluding hydrogens is 266 g/mol. The quantitative estimate of drug-likeness (QED) is 0.873. The predicted octanol–water partition coefficient (Wildman–Crippen LogP) is 2.02. The summed E-state index contributed by atoms with van der Waals surface area (Å²) in [7, 11) is 1.77. The summed E-state index contributed by atoms with van der Waals surface area (Å²) in [5.41, 5.74) is 3.20. The van der Waals surface area contributed by atoms with E-state index in [-0.39, 0.29) is 5.91 Å². The summed E-state index contributed by atoms with van der Waals surface area (Å²) in [6.07, 6.45) is 7.87. The van der Waals surface area contributed by atoms with Gasteiger partial charge in [0.15, 0.2) is 0 Å². The zero-order valence-electron chi connectivity index (χ0n) is 11.9. The predicted molar refractivity (Wildman–Crippen MR) is 79.7 cm³/mol. The van der Waals surface area contributed by atoms with E-state index in [4.69, 9.17) is 4.74 Å². The first-order chi connectivity index (χ1) is 10.2. The molecule has 5 heteroatoms. The second-order valence-electron chi connectivity index (χ2n) is 5.10. The van der Waals surface area contributed by atoms with Gasteiger partial charge in [-0.2, -0.15) is 5.10 Å². The van der Waals surface area contributed by atoms with Gasteiger partial charge in [0.2, 0.25) is 5.91 Å². The van der Waals surface area contributed by atoms with Crippen LogP contribution in [0.1, 0.15) is 16.7 Å². The van der Waals surface area contributed by atoms with Gasteiger partial charge in [-0.3, -0.25) is 9.89 Å². The Morgan fingerprint density at radius 3 is 3.24 bits per heavy atom. The minimum absolute atomic E-state index is 0.0343. The van der Waals surface area contributed by atoms with Crippen LogP contribution in [0.2, 0.25) is 0 Å². The Labute approximate surface area is 123 Å². The molecule has 3 rings (SSSR count). The monoisotopic (exact) mass is 283 g/mol. The number of nitrogens with one attached hydrogen (secondary N) is 1. The molecule has 0 saturated heterocycles. The van der Waals surface area contributed by atoms with Gasteiger partial charge < -0.3 is 9.64 Å². The SMILES string of the molecule is CN(Cc1cn[nH]c1)C(=O)C=Cc1ccc2c(c1)CCO2. The number of carbonyl (C=O) groups is 1. The second-order valence-corrected chi connectivity index (χ2v) is 5.10. The van der Waals surface area contributed by atoms with Crippen molar-refractivity contribution in [2.24, 2.45) is 0 Å². The van der Waals surface area contributed by atoms with Crippen molar-refractivity contribution in [1.29, 1.82) is 0 Å². The van der Waals surface area contributed by atoms with Crippen LogP contribution in [0, 0.1) is 0 Å². The Hall–Kier alpha value is -2.56. The van der Waals surface area contributed by atoms with E-state index >= 15 is 0 Å². The molecule has 108 valence electrons. The molecule has 0 atom stereocenters. The van der Waals surface area contributed by atoms with Gasteiger partial charge in [0, 0.05) is 37.8 Å². The van der Waals surface area contributed by atoms with Crippen molar-refractivity contribution < 1.29 is 9.53 Å². The third-order valence-electron chi connectivity index (χ3n) is 3.48. The van der Waals surface area contributed by atoms with Gasteiger partial charge in [0.25, 0.3) is 0 Å². The first kappa shape index (κ1) is 13.4. The Morgan fingerprint density at radius 1 is 1.52 bits per heavy atom. The number of hydrogen-bond donors (Lipinski definition) is 1. The molecule has 2 heterocycles. The summed E-state index contributed by atoms with van der Waals surface area (Å²) < 4.78 is 5.47. The third-order valence-corrected chi connectivity index (χ3v) is 3.48. The summed E-state index contributed by atoms with van der Waals surface area (Å²) in [4.78, 5) is 13.7. The molecule has 0 bridgehead atoms. The van der Waals surface area contributed by atoms with Gasteiger partial charge in [-0.1, -0.05) is 6.07 Å². The number of H-pyrrole nitrogens is 1. The molecule has 21 heavy (non-hydrogen) atoms. The number of rotatable bonds is 4. The highest BCUT2D eigenvalue weighted by atomic mass is 16.5. The summed E-state index contributed by atoms with van der Waals surface area (Å²) in [5.74, 6) is 0.920. The number of nitrogens with zero attached hydrogens (tertiary/aromatic N) is 2. The molecule has 0 spiro atoms. The first-order valence-corrected chi connectivity index (χ1v) is 6.89. The molecule has 1 N–H and O–H groups in total. The minimum Gasteiger partial charge on any atom is -0.493 e. The van der Waals surface area contributed by atoms with E-state index < -0.39 is 0 Å². The van der Waals surface area contributed by atoms with Crippen LogP contribution >= 0.6 is 0 Å². The molecule has 0 aliphatic carbocycles. The number of benzene rings is 1. The van der Waals surface area contributed by atoms with Gasteiger partial charge in [-0.15, -0.1) is 0 Å². The fraction of sp³-hybridized carbons (Fsp3) is 0.250. The Kier molecular flexibility index (Phi) is 3.73. The van der Waals surface area contributed by atoms with E-state index in [1.54, 1.807) is 30.4 Å². The zero-order chi connectivity index (χ0) is 14.7. The topological polar surface area (TPSA) is 58.2 Å². The fourth-order valence-electron chi connectivity index (χ4n) is 2.32. The van der Waals surface area contributed by atoms with E-state index in [9.17, 15) is 4.79 Å². The van der Waals surface area contributed by atoms with Crippen LogP contribution in [-0.4, -0.2) is 34.7 Å². The van der Waals surface area contributed by atoms with E-state index in [1.807, 2.05) is 18.2 Å². The van der Waals surface area contributed by atoms with Gasteiger partial charge >= 0.3 is 0 Å². The lowest BCUT2D eigenvalue weighted by molar-refractivity contribution is -0.125. The van der Waals surface area contributed by atoms with Crippen molar-refractivity contribution in [3.63, 3.8) is 0 Å². The van der Waals surface area contributed by atoms with E-state index in [0.717, 1.165) is 29.9 Å². The number of amides is 1. The Bertz CT molecular complexity index is 662.